The molecule has 0 saturated carbocycles. The van der Waals surface area contributed by atoms with Crippen LogP contribution in [-0.4, -0.2) is 4.98 Å². The van der Waals surface area contributed by atoms with Gasteiger partial charge < -0.3 is 4.42 Å². The van der Waals surface area contributed by atoms with Crippen molar-refractivity contribution in [2.45, 2.75) is 39.0 Å². The summed E-state index contributed by atoms with van der Waals surface area (Å²) in [6.45, 7) is 6.84. The highest BCUT2D eigenvalue weighted by Crippen LogP contribution is 2.44. The van der Waals surface area contributed by atoms with Gasteiger partial charge >= 0.3 is 0 Å². The van der Waals surface area contributed by atoms with E-state index in [1.165, 1.54) is 38.4 Å². The minimum atomic E-state index is 0.0400. The molecule has 0 amide bonds. The fraction of sp³-hybridized carbons (Fsp3) is 0.207. The van der Waals surface area contributed by atoms with E-state index in [9.17, 15) is 0 Å². The summed E-state index contributed by atoms with van der Waals surface area (Å²) in [5, 5.41) is 3.74. The average Bonchev–Trinajstić information content (AvgIpc) is 3.17. The van der Waals surface area contributed by atoms with Crippen molar-refractivity contribution in [2.75, 3.05) is 0 Å². The second-order valence-electron chi connectivity index (χ2n) is 9.59. The van der Waals surface area contributed by atoms with Crippen molar-refractivity contribution in [3.63, 3.8) is 0 Å². The van der Waals surface area contributed by atoms with Crippen molar-refractivity contribution in [2.24, 2.45) is 0 Å². The van der Waals surface area contributed by atoms with Crippen LogP contribution in [0.25, 0.3) is 44.3 Å². The lowest BCUT2D eigenvalue weighted by molar-refractivity contribution is 0.596. The highest BCUT2D eigenvalue weighted by atomic mass is 16.3. The fourth-order valence-electron chi connectivity index (χ4n) is 5.07. The van der Waals surface area contributed by atoms with Gasteiger partial charge in [-0.15, -0.1) is 0 Å². The predicted octanol–water partition coefficient (Wildman–Crippen LogP) is 7.71. The Morgan fingerprint density at radius 2 is 1.68 bits per heavy atom. The number of aromatic nitrogens is 1. The number of hydrogen-bond acceptors (Lipinski definition) is 2. The number of benzene rings is 3. The molecule has 5 aromatic rings. The van der Waals surface area contributed by atoms with Gasteiger partial charge in [-0.1, -0.05) is 69.3 Å². The van der Waals surface area contributed by atoms with Gasteiger partial charge in [0.25, 0.3) is 0 Å². The molecule has 2 nitrogen and oxygen atoms in total. The molecular formula is C29H25NO. The molecule has 1 aliphatic rings. The van der Waals surface area contributed by atoms with Gasteiger partial charge in [-0.05, 0) is 58.4 Å². The highest BCUT2D eigenvalue weighted by Gasteiger charge is 2.26. The van der Waals surface area contributed by atoms with Gasteiger partial charge in [0.05, 0.1) is 11.1 Å². The number of furan rings is 1. The summed E-state index contributed by atoms with van der Waals surface area (Å²) in [7, 11) is 0. The van der Waals surface area contributed by atoms with E-state index in [1.807, 2.05) is 12.3 Å². The van der Waals surface area contributed by atoms with Crippen molar-refractivity contribution in [3.05, 3.63) is 89.6 Å². The first-order chi connectivity index (χ1) is 15.0. The molecule has 0 aliphatic heterocycles. The maximum atomic E-state index is 6.42. The van der Waals surface area contributed by atoms with Crippen molar-refractivity contribution < 1.29 is 4.42 Å². The van der Waals surface area contributed by atoms with Crippen molar-refractivity contribution in [1.82, 2.24) is 4.98 Å². The van der Waals surface area contributed by atoms with Gasteiger partial charge in [0.15, 0.2) is 0 Å². The quantitative estimate of drug-likeness (QED) is 0.286. The standard InChI is InChI=1S/C29H25NO/c1-29(2,3)24-17-20(16-19-9-5-6-10-21(19)24)27-26-23-13-12-18-8-4-7-11-22(18)28(23)31-25(26)14-15-30-27/h4-11,14-17H,12-13H2,1-3H3. The van der Waals surface area contributed by atoms with Crippen LogP contribution in [0.3, 0.4) is 0 Å². The second-order valence-corrected chi connectivity index (χ2v) is 9.59. The monoisotopic (exact) mass is 403 g/mol. The van der Waals surface area contributed by atoms with Crippen LogP contribution < -0.4 is 0 Å². The van der Waals surface area contributed by atoms with Gasteiger partial charge in [-0.3, -0.25) is 4.98 Å². The van der Waals surface area contributed by atoms with Crippen LogP contribution in [0.15, 0.2) is 77.3 Å². The normalized spacial score (nSPS) is 13.4. The lowest BCUT2D eigenvalue weighted by atomic mass is 9.82. The Balaban J connectivity index is 1.66. The summed E-state index contributed by atoms with van der Waals surface area (Å²) < 4.78 is 6.42. The molecule has 0 fully saturated rings. The molecule has 6 rings (SSSR count). The van der Waals surface area contributed by atoms with Crippen LogP contribution in [0.4, 0.5) is 0 Å². The van der Waals surface area contributed by atoms with Crippen LogP contribution in [0, 0.1) is 0 Å². The predicted molar refractivity (Wildman–Crippen MR) is 128 cm³/mol. The van der Waals surface area contributed by atoms with E-state index in [2.05, 4.69) is 81.4 Å². The van der Waals surface area contributed by atoms with E-state index in [4.69, 9.17) is 9.40 Å². The minimum absolute atomic E-state index is 0.0400. The Hall–Kier alpha value is -3.39. The maximum absolute atomic E-state index is 6.42. The molecule has 0 radical (unpaired) electrons. The van der Waals surface area contributed by atoms with Crippen molar-refractivity contribution in [3.8, 4) is 22.6 Å². The summed E-state index contributed by atoms with van der Waals surface area (Å²) in [4.78, 5) is 4.88. The zero-order valence-electron chi connectivity index (χ0n) is 18.2. The van der Waals surface area contributed by atoms with Gasteiger partial charge in [-0.25, -0.2) is 0 Å². The zero-order valence-corrected chi connectivity index (χ0v) is 18.2. The molecule has 1 aliphatic carbocycles. The SMILES string of the molecule is CC(C)(C)c1cc(-c2nccc3oc4c(c23)CCc2ccccc2-4)cc2ccccc12. The fourth-order valence-corrected chi connectivity index (χ4v) is 5.07. The Labute approximate surface area is 182 Å². The van der Waals surface area contributed by atoms with Gasteiger partial charge in [0, 0.05) is 22.9 Å². The van der Waals surface area contributed by atoms with Crippen molar-refractivity contribution >= 4 is 21.7 Å². The van der Waals surface area contributed by atoms with Crippen LogP contribution in [-0.2, 0) is 18.3 Å². The number of nitrogens with zero attached hydrogens (tertiary/aromatic N) is 1. The Morgan fingerprint density at radius 3 is 2.55 bits per heavy atom. The lowest BCUT2D eigenvalue weighted by Gasteiger charge is -2.23. The Bertz CT molecular complexity index is 1470. The third-order valence-electron chi connectivity index (χ3n) is 6.55. The summed E-state index contributed by atoms with van der Waals surface area (Å²) in [5.74, 6) is 1.02. The van der Waals surface area contributed by atoms with E-state index < -0.39 is 0 Å². The molecule has 0 unspecified atom stereocenters. The molecule has 31 heavy (non-hydrogen) atoms. The number of rotatable bonds is 1. The lowest BCUT2D eigenvalue weighted by Crippen LogP contribution is -2.12. The van der Waals surface area contributed by atoms with Crippen LogP contribution in [0.1, 0.15) is 37.5 Å². The van der Waals surface area contributed by atoms with Crippen molar-refractivity contribution in [1.29, 1.82) is 0 Å². The van der Waals surface area contributed by atoms with E-state index in [0.29, 0.717) is 0 Å². The summed E-state index contributed by atoms with van der Waals surface area (Å²) >= 11 is 0. The molecule has 2 heterocycles. The molecule has 0 bridgehead atoms. The number of aryl methyl sites for hydroxylation is 2. The smallest absolute Gasteiger partial charge is 0.138 e. The Morgan fingerprint density at radius 1 is 0.871 bits per heavy atom. The van der Waals surface area contributed by atoms with E-state index in [-0.39, 0.29) is 5.41 Å². The second kappa shape index (κ2) is 6.55. The molecule has 0 atom stereocenters. The first kappa shape index (κ1) is 18.4. The first-order valence-electron chi connectivity index (χ1n) is 11.0. The summed E-state index contributed by atoms with van der Waals surface area (Å²) in [6.07, 6.45) is 3.90. The largest absolute Gasteiger partial charge is 0.456 e. The van der Waals surface area contributed by atoms with E-state index >= 15 is 0 Å². The molecule has 152 valence electrons. The topological polar surface area (TPSA) is 26.0 Å². The Kier molecular flexibility index (Phi) is 3.89. The van der Waals surface area contributed by atoms with Crippen LogP contribution in [0.2, 0.25) is 0 Å². The molecule has 2 heteroatoms. The van der Waals surface area contributed by atoms with E-state index in [0.717, 1.165) is 35.4 Å². The number of fused-ring (bicyclic) bond motifs is 6. The minimum Gasteiger partial charge on any atom is -0.456 e. The number of pyridine rings is 1. The molecule has 3 aromatic carbocycles. The average molecular weight is 404 g/mol. The molecular weight excluding hydrogens is 378 g/mol. The molecule has 0 spiro atoms. The van der Waals surface area contributed by atoms with Gasteiger partial charge in [-0.2, -0.15) is 0 Å². The first-order valence-corrected chi connectivity index (χ1v) is 11.0. The number of hydrogen-bond donors (Lipinski definition) is 0. The zero-order chi connectivity index (χ0) is 21.2. The molecule has 0 saturated heterocycles. The third-order valence-corrected chi connectivity index (χ3v) is 6.55. The summed E-state index contributed by atoms with van der Waals surface area (Å²) in [5.41, 5.74) is 8.39. The van der Waals surface area contributed by atoms with Crippen LogP contribution in [0.5, 0.6) is 0 Å². The van der Waals surface area contributed by atoms with Gasteiger partial charge in [0.1, 0.15) is 11.3 Å². The molecule has 2 aromatic heterocycles. The molecule has 0 N–H and O–H groups in total. The van der Waals surface area contributed by atoms with Gasteiger partial charge in [0.2, 0.25) is 0 Å². The summed E-state index contributed by atoms with van der Waals surface area (Å²) in [6, 6.07) is 23.9. The van der Waals surface area contributed by atoms with E-state index in [1.54, 1.807) is 0 Å². The van der Waals surface area contributed by atoms with Crippen LogP contribution >= 0.6 is 0 Å². The maximum Gasteiger partial charge on any atom is 0.138 e. The highest BCUT2D eigenvalue weighted by molar-refractivity contribution is 6.01. The third kappa shape index (κ3) is 2.82.